The first-order valence-electron chi connectivity index (χ1n) is 8.93. The van der Waals surface area contributed by atoms with Crippen LogP contribution in [-0.2, 0) is 14.3 Å². The Morgan fingerprint density at radius 1 is 1.26 bits per heavy atom. The fraction of sp³-hybridized carbons (Fsp3) is 0.611. The van der Waals surface area contributed by atoms with Crippen molar-refractivity contribution in [1.82, 2.24) is 9.88 Å². The minimum Gasteiger partial charge on any atom is -0.488 e. The van der Waals surface area contributed by atoms with Crippen LogP contribution in [0.3, 0.4) is 0 Å². The van der Waals surface area contributed by atoms with E-state index in [0.717, 1.165) is 32.8 Å². The monoisotopic (exact) mass is 380 g/mol. The molecule has 0 saturated carbocycles. The molecule has 2 rings (SSSR count). The lowest BCUT2D eigenvalue weighted by Crippen LogP contribution is -2.38. The van der Waals surface area contributed by atoms with Gasteiger partial charge >= 0.3 is 6.09 Å². The molecule has 0 unspecified atom stereocenters. The zero-order valence-electron chi connectivity index (χ0n) is 16.3. The summed E-state index contributed by atoms with van der Waals surface area (Å²) in [6.07, 6.45) is 0.859. The van der Waals surface area contributed by atoms with Crippen molar-refractivity contribution in [3.63, 3.8) is 0 Å². The first-order chi connectivity index (χ1) is 12.7. The maximum absolute atomic E-state index is 12.1. The van der Waals surface area contributed by atoms with Crippen molar-refractivity contribution in [3.05, 3.63) is 12.3 Å². The molecule has 1 saturated heterocycles. The van der Waals surface area contributed by atoms with Crippen molar-refractivity contribution in [1.29, 1.82) is 0 Å². The summed E-state index contributed by atoms with van der Waals surface area (Å²) >= 11 is 0. The van der Waals surface area contributed by atoms with Crippen LogP contribution in [0.25, 0.3) is 0 Å². The number of nitrogens with one attached hydrogen (secondary N) is 2. The van der Waals surface area contributed by atoms with Crippen molar-refractivity contribution < 1.29 is 23.8 Å². The van der Waals surface area contributed by atoms with Gasteiger partial charge in [0.05, 0.1) is 25.1 Å². The standard InChI is InChI=1S/C18H28N4O5/c1-13(23)20-16-11-14(21-17(24)27-18(2,3)4)15(12-19-16)26-10-7-22-5-8-25-9-6-22/h11-12H,5-10H2,1-4H3,(H2,19,20,21,23,24). The molecule has 1 aromatic rings. The average molecular weight is 380 g/mol. The molecular weight excluding hydrogens is 352 g/mol. The Bertz CT molecular complexity index is 654. The van der Waals surface area contributed by atoms with Gasteiger partial charge in [-0.3, -0.25) is 15.0 Å². The van der Waals surface area contributed by atoms with Crippen LogP contribution in [0.4, 0.5) is 16.3 Å². The molecule has 9 nitrogen and oxygen atoms in total. The average Bonchev–Trinajstić information content (AvgIpc) is 2.55. The van der Waals surface area contributed by atoms with E-state index in [2.05, 4.69) is 20.5 Å². The summed E-state index contributed by atoms with van der Waals surface area (Å²) in [6.45, 7) is 11.1. The topological polar surface area (TPSA) is 102 Å². The SMILES string of the molecule is CC(=O)Nc1cc(NC(=O)OC(C)(C)C)c(OCCN2CCOCC2)cn1. The highest BCUT2D eigenvalue weighted by Crippen LogP contribution is 2.27. The highest BCUT2D eigenvalue weighted by Gasteiger charge is 2.19. The van der Waals surface area contributed by atoms with E-state index in [0.29, 0.717) is 23.9 Å². The van der Waals surface area contributed by atoms with E-state index in [1.807, 2.05) is 0 Å². The van der Waals surface area contributed by atoms with Crippen LogP contribution in [0.15, 0.2) is 12.3 Å². The predicted molar refractivity (Wildman–Crippen MR) is 101 cm³/mol. The molecule has 0 spiro atoms. The van der Waals surface area contributed by atoms with Gasteiger partial charge in [0, 0.05) is 32.6 Å². The number of ether oxygens (including phenoxy) is 3. The van der Waals surface area contributed by atoms with Gasteiger partial charge in [0.1, 0.15) is 18.0 Å². The lowest BCUT2D eigenvalue weighted by atomic mass is 10.2. The second kappa shape index (κ2) is 9.52. The van der Waals surface area contributed by atoms with Gasteiger partial charge in [0.25, 0.3) is 0 Å². The van der Waals surface area contributed by atoms with Crippen molar-refractivity contribution in [2.75, 3.05) is 50.1 Å². The second-order valence-electron chi connectivity index (χ2n) is 7.18. The molecule has 2 N–H and O–H groups in total. The van der Waals surface area contributed by atoms with E-state index in [9.17, 15) is 9.59 Å². The summed E-state index contributed by atoms with van der Waals surface area (Å²) in [7, 11) is 0. The Hall–Kier alpha value is -2.39. The van der Waals surface area contributed by atoms with Crippen molar-refractivity contribution in [3.8, 4) is 5.75 Å². The highest BCUT2D eigenvalue weighted by atomic mass is 16.6. The largest absolute Gasteiger partial charge is 0.488 e. The van der Waals surface area contributed by atoms with E-state index in [-0.39, 0.29) is 5.91 Å². The number of hydrogen-bond donors (Lipinski definition) is 2. The number of amides is 2. The number of hydrogen-bond acceptors (Lipinski definition) is 7. The molecule has 1 fully saturated rings. The number of pyridine rings is 1. The van der Waals surface area contributed by atoms with Gasteiger partial charge in [0.2, 0.25) is 5.91 Å². The fourth-order valence-corrected chi connectivity index (χ4v) is 2.43. The lowest BCUT2D eigenvalue weighted by molar-refractivity contribution is -0.114. The van der Waals surface area contributed by atoms with Gasteiger partial charge in [-0.2, -0.15) is 0 Å². The smallest absolute Gasteiger partial charge is 0.412 e. The van der Waals surface area contributed by atoms with Crippen molar-refractivity contribution in [2.24, 2.45) is 0 Å². The lowest BCUT2D eigenvalue weighted by Gasteiger charge is -2.26. The predicted octanol–water partition coefficient (Wildman–Crippen LogP) is 2.10. The normalized spacial score (nSPS) is 15.1. The molecule has 2 heterocycles. The number of aromatic nitrogens is 1. The summed E-state index contributed by atoms with van der Waals surface area (Å²) in [5.74, 6) is 0.462. The Labute approximate surface area is 159 Å². The van der Waals surface area contributed by atoms with Crippen LogP contribution in [0.1, 0.15) is 27.7 Å². The Balaban J connectivity index is 2.04. The van der Waals surface area contributed by atoms with Crippen LogP contribution >= 0.6 is 0 Å². The first-order valence-corrected chi connectivity index (χ1v) is 8.93. The third-order valence-corrected chi connectivity index (χ3v) is 3.58. The maximum Gasteiger partial charge on any atom is 0.412 e. The van der Waals surface area contributed by atoms with E-state index in [4.69, 9.17) is 14.2 Å². The zero-order valence-corrected chi connectivity index (χ0v) is 16.3. The Morgan fingerprint density at radius 2 is 1.96 bits per heavy atom. The van der Waals surface area contributed by atoms with Gasteiger partial charge in [-0.25, -0.2) is 9.78 Å². The van der Waals surface area contributed by atoms with Gasteiger partial charge < -0.3 is 19.5 Å². The van der Waals surface area contributed by atoms with Crippen LogP contribution in [-0.4, -0.2) is 66.9 Å². The minimum atomic E-state index is -0.630. The molecular formula is C18H28N4O5. The quantitative estimate of drug-likeness (QED) is 0.779. The summed E-state index contributed by atoms with van der Waals surface area (Å²) in [6, 6.07) is 1.54. The van der Waals surface area contributed by atoms with E-state index in [1.165, 1.54) is 19.2 Å². The van der Waals surface area contributed by atoms with Crippen LogP contribution in [0.5, 0.6) is 5.75 Å². The molecule has 1 aliphatic rings. The van der Waals surface area contributed by atoms with Gasteiger partial charge in [-0.1, -0.05) is 0 Å². The van der Waals surface area contributed by atoms with Crippen molar-refractivity contribution >= 4 is 23.5 Å². The number of nitrogens with zero attached hydrogens (tertiary/aromatic N) is 2. The molecule has 2 amide bonds. The van der Waals surface area contributed by atoms with Gasteiger partial charge in [-0.15, -0.1) is 0 Å². The third kappa shape index (κ3) is 7.79. The Kier molecular flexibility index (Phi) is 7.37. The van der Waals surface area contributed by atoms with Crippen LogP contribution in [0, 0.1) is 0 Å². The number of rotatable bonds is 6. The summed E-state index contributed by atoms with van der Waals surface area (Å²) in [5, 5.41) is 5.24. The molecule has 150 valence electrons. The fourth-order valence-electron chi connectivity index (χ4n) is 2.43. The number of morpholine rings is 1. The van der Waals surface area contributed by atoms with E-state index >= 15 is 0 Å². The molecule has 27 heavy (non-hydrogen) atoms. The molecule has 0 bridgehead atoms. The molecule has 0 aliphatic carbocycles. The molecule has 1 aliphatic heterocycles. The van der Waals surface area contributed by atoms with E-state index in [1.54, 1.807) is 20.8 Å². The van der Waals surface area contributed by atoms with Crippen LogP contribution in [0.2, 0.25) is 0 Å². The molecule has 0 aromatic carbocycles. The molecule has 1 aromatic heterocycles. The van der Waals surface area contributed by atoms with Crippen molar-refractivity contribution in [2.45, 2.75) is 33.3 Å². The number of carbonyl (C=O) groups is 2. The third-order valence-electron chi connectivity index (χ3n) is 3.58. The molecule has 9 heteroatoms. The second-order valence-corrected chi connectivity index (χ2v) is 7.18. The van der Waals surface area contributed by atoms with Crippen LogP contribution < -0.4 is 15.4 Å². The maximum atomic E-state index is 12.1. The Morgan fingerprint density at radius 3 is 2.59 bits per heavy atom. The number of anilines is 2. The summed E-state index contributed by atoms with van der Waals surface area (Å²) in [4.78, 5) is 29.8. The van der Waals surface area contributed by atoms with E-state index < -0.39 is 11.7 Å². The molecule has 0 atom stereocenters. The summed E-state index contributed by atoms with van der Waals surface area (Å²) in [5.41, 5.74) is -0.250. The zero-order chi connectivity index (χ0) is 19.9. The minimum absolute atomic E-state index is 0.258. The number of carbonyl (C=O) groups excluding carboxylic acids is 2. The van der Waals surface area contributed by atoms with Gasteiger partial charge in [0.15, 0.2) is 5.75 Å². The van der Waals surface area contributed by atoms with Gasteiger partial charge in [-0.05, 0) is 20.8 Å². The summed E-state index contributed by atoms with van der Waals surface area (Å²) < 4.78 is 16.4. The molecule has 0 radical (unpaired) electrons. The highest BCUT2D eigenvalue weighted by molar-refractivity contribution is 5.91. The first kappa shape index (κ1) is 20.9.